The number of esters is 1. The van der Waals surface area contributed by atoms with Gasteiger partial charge in [-0.1, -0.05) is 18.2 Å². The molecule has 0 aliphatic rings. The smallest absolute Gasteiger partial charge is 0.336 e. The molecule has 1 aromatic rings. The quantitative estimate of drug-likeness (QED) is 0.224. The van der Waals surface area contributed by atoms with Gasteiger partial charge in [0.25, 0.3) is 0 Å². The number of benzene rings is 1. The summed E-state index contributed by atoms with van der Waals surface area (Å²) in [6.45, 7) is 16.2. The van der Waals surface area contributed by atoms with Gasteiger partial charge < -0.3 is 41.3 Å². The summed E-state index contributed by atoms with van der Waals surface area (Å²) in [5.41, 5.74) is 0.449. The average molecular weight is 367 g/mol. The number of hydrogen-bond acceptors (Lipinski definition) is 8. The monoisotopic (exact) mass is 367 g/mol. The Morgan fingerprint density at radius 2 is 1.18 bits per heavy atom. The molecule has 0 amide bonds. The van der Waals surface area contributed by atoms with Crippen LogP contribution in [0.25, 0.3) is 0 Å². The summed E-state index contributed by atoms with van der Waals surface area (Å²) in [6, 6.07) is 6.88. The van der Waals surface area contributed by atoms with Crippen molar-refractivity contribution in [3.8, 4) is 0 Å². The third kappa shape index (κ3) is 22.9. The van der Waals surface area contributed by atoms with Crippen molar-refractivity contribution in [2.45, 2.75) is 4.90 Å². The molecule has 0 saturated carbocycles. The standard InChI is InChI=1S/C8H8O2S.5CHO.Mn/c1-10-8(9)6-4-2-3-5-7(6)11;5*1-2;/h2-5,11H,1H3;5*1H;/q;5*-1;/p-1. The van der Waals surface area contributed by atoms with Crippen LogP contribution >= 0.6 is 0 Å². The second kappa shape index (κ2) is 42.8. The van der Waals surface area contributed by atoms with Crippen LogP contribution in [0.1, 0.15) is 10.4 Å². The Hall–Kier alpha value is -2.22. The SMILES string of the molecule is COC(=O)c1ccccc1[S-].[CH-]=O.[CH-]=O.[CH-]=O.[CH-]=O.[CH-]=O.[Mn]. The van der Waals surface area contributed by atoms with Gasteiger partial charge in [-0.15, -0.1) is 0 Å². The Kier molecular flexibility index (Phi) is 71.4. The second-order valence-electron chi connectivity index (χ2n) is 1.99. The van der Waals surface area contributed by atoms with Gasteiger partial charge in [0.2, 0.25) is 0 Å². The van der Waals surface area contributed by atoms with Crippen molar-refractivity contribution in [3.05, 3.63) is 29.8 Å². The first-order valence-electron chi connectivity index (χ1n) is 4.28. The van der Waals surface area contributed by atoms with Gasteiger partial charge in [-0.05, 0) is 6.07 Å². The third-order valence-corrected chi connectivity index (χ3v) is 1.65. The van der Waals surface area contributed by atoms with Crippen molar-refractivity contribution in [3.63, 3.8) is 0 Å². The molecule has 9 heteroatoms. The molecule has 0 bridgehead atoms. The fourth-order valence-corrected chi connectivity index (χ4v) is 0.975. The van der Waals surface area contributed by atoms with Crippen molar-refractivity contribution in [2.24, 2.45) is 0 Å². The molecule has 0 N–H and O–H groups in total. The van der Waals surface area contributed by atoms with Crippen molar-refractivity contribution in [2.75, 3.05) is 7.11 Å². The predicted octanol–water partition coefficient (Wildman–Crippen LogP) is 0.00600. The number of hydrogen-bond donors (Lipinski definition) is 0. The molecule has 0 aromatic heterocycles. The third-order valence-electron chi connectivity index (χ3n) is 1.29. The molecule has 0 aliphatic carbocycles. The van der Waals surface area contributed by atoms with Crippen LogP contribution < -0.4 is 0 Å². The van der Waals surface area contributed by atoms with Crippen LogP contribution in [0.2, 0.25) is 0 Å². The number of methoxy groups -OCH3 is 1. The maximum Gasteiger partial charge on any atom is 0.336 e. The molecule has 0 unspecified atom stereocenters. The summed E-state index contributed by atoms with van der Waals surface area (Å²) in [5.74, 6) is -0.379. The molecule has 0 atom stereocenters. The fourth-order valence-electron chi connectivity index (χ4n) is 0.745. The molecule has 0 saturated heterocycles. The largest absolute Gasteiger partial charge is 0.779 e. The van der Waals surface area contributed by atoms with Crippen molar-refractivity contribution in [1.82, 2.24) is 0 Å². The summed E-state index contributed by atoms with van der Waals surface area (Å²) in [7, 11) is 1.34. The van der Waals surface area contributed by atoms with E-state index in [1.54, 1.807) is 24.3 Å². The fraction of sp³-hybridized carbons (Fsp3) is 0.0769. The van der Waals surface area contributed by atoms with Crippen LogP contribution in [-0.2, 0) is 58.4 Å². The average Bonchev–Trinajstić information content (AvgIpc) is 2.63. The Labute approximate surface area is 145 Å². The van der Waals surface area contributed by atoms with Crippen LogP contribution in [0.3, 0.4) is 0 Å². The minimum atomic E-state index is -0.379. The summed E-state index contributed by atoms with van der Waals surface area (Å²) in [4.78, 5) is 50.2. The number of ether oxygens (including phenoxy) is 1. The number of carbonyl (C=O) groups excluding carboxylic acids is 6. The zero-order chi connectivity index (χ0) is 18.3. The molecule has 1 aromatic carbocycles. The van der Waals surface area contributed by atoms with E-state index >= 15 is 0 Å². The minimum absolute atomic E-state index is 0. The summed E-state index contributed by atoms with van der Waals surface area (Å²) < 4.78 is 4.51. The van der Waals surface area contributed by atoms with E-state index in [0.29, 0.717) is 10.5 Å². The van der Waals surface area contributed by atoms with E-state index in [4.69, 9.17) is 36.6 Å². The summed E-state index contributed by atoms with van der Waals surface area (Å²) in [5, 5.41) is 0. The van der Waals surface area contributed by atoms with E-state index in [9.17, 15) is 4.79 Å². The van der Waals surface area contributed by atoms with Crippen molar-refractivity contribution in [1.29, 1.82) is 0 Å². The maximum absolute atomic E-state index is 10.9. The normalized spacial score (nSPS) is 5.50. The molecule has 0 fully saturated rings. The Morgan fingerprint density at radius 3 is 1.45 bits per heavy atom. The molecule has 1 rings (SSSR count). The topological polar surface area (TPSA) is 112 Å². The molecule has 0 spiro atoms. The van der Waals surface area contributed by atoms with Crippen molar-refractivity contribution >= 4 is 52.5 Å². The van der Waals surface area contributed by atoms with E-state index in [1.807, 2.05) is 0 Å². The van der Waals surface area contributed by atoms with Crippen LogP contribution in [0.15, 0.2) is 29.2 Å². The van der Waals surface area contributed by atoms with Gasteiger partial charge in [0.15, 0.2) is 0 Å². The first-order valence-corrected chi connectivity index (χ1v) is 4.68. The van der Waals surface area contributed by atoms with E-state index < -0.39 is 0 Å². The molecule has 7 nitrogen and oxygen atoms in total. The summed E-state index contributed by atoms with van der Waals surface area (Å²) in [6.07, 6.45) is 0. The van der Waals surface area contributed by atoms with Gasteiger partial charge >= 0.3 is 5.97 Å². The first-order chi connectivity index (χ1) is 10.3. The zero-order valence-corrected chi connectivity index (χ0v) is 13.3. The summed E-state index contributed by atoms with van der Waals surface area (Å²) >= 11 is 4.89. The van der Waals surface area contributed by atoms with Gasteiger partial charge in [0.05, 0.1) is 7.11 Å². The minimum Gasteiger partial charge on any atom is -0.779 e. The van der Waals surface area contributed by atoms with Gasteiger partial charge in [-0.3, -0.25) is 33.9 Å². The van der Waals surface area contributed by atoms with Crippen LogP contribution in [0, 0.1) is 0 Å². The van der Waals surface area contributed by atoms with Gasteiger partial charge in [-0.25, -0.2) is 4.79 Å². The second-order valence-corrected chi connectivity index (χ2v) is 2.43. The van der Waals surface area contributed by atoms with Gasteiger partial charge in [0, 0.05) is 22.6 Å². The number of carbonyl (C=O) groups is 1. The molecular weight excluding hydrogens is 355 g/mol. The molecule has 22 heavy (non-hydrogen) atoms. The van der Waals surface area contributed by atoms with E-state index in [2.05, 4.69) is 38.7 Å². The van der Waals surface area contributed by atoms with E-state index in [1.165, 1.54) is 7.11 Å². The Balaban J connectivity index is -0.0000000500. The van der Waals surface area contributed by atoms with Crippen LogP contribution in [-0.4, -0.2) is 47.0 Å². The Bertz CT molecular complexity index is 341. The maximum atomic E-state index is 10.9. The molecule has 1 radical (unpaired) electrons. The van der Waals surface area contributed by atoms with Gasteiger partial charge in [-0.2, -0.15) is 4.90 Å². The zero-order valence-electron chi connectivity index (χ0n) is 11.3. The molecule has 125 valence electrons. The van der Waals surface area contributed by atoms with Crippen LogP contribution in [0.5, 0.6) is 0 Å². The first kappa shape index (κ1) is 36.7. The van der Waals surface area contributed by atoms with Crippen molar-refractivity contribution < 1.29 is 50.6 Å². The Morgan fingerprint density at radius 1 is 0.864 bits per heavy atom. The van der Waals surface area contributed by atoms with Gasteiger partial charge in [0.1, 0.15) is 0 Å². The number of rotatable bonds is 1. The van der Waals surface area contributed by atoms with E-state index in [-0.39, 0.29) is 23.0 Å². The molecule has 0 heterocycles. The molecular formula is C13H12MnO7S-6. The molecule has 0 aliphatic heterocycles. The predicted molar refractivity (Wildman–Crippen MR) is 77.2 cm³/mol. The van der Waals surface area contributed by atoms with Crippen LogP contribution in [0.4, 0.5) is 0 Å². The van der Waals surface area contributed by atoms with E-state index in [0.717, 1.165) is 0 Å².